The van der Waals surface area contributed by atoms with E-state index in [1.165, 1.54) is 6.42 Å². The summed E-state index contributed by atoms with van der Waals surface area (Å²) >= 11 is 0. The van der Waals surface area contributed by atoms with Gasteiger partial charge in [0.05, 0.1) is 0 Å². The van der Waals surface area contributed by atoms with E-state index in [9.17, 15) is 9.59 Å². The number of amides is 1. The average Bonchev–Trinajstić information content (AvgIpc) is 3.08. The van der Waals surface area contributed by atoms with E-state index >= 15 is 0 Å². The molecule has 116 valence electrons. The number of piperidine rings is 1. The van der Waals surface area contributed by atoms with Gasteiger partial charge in [-0.1, -0.05) is 0 Å². The fraction of sp³-hybridized carbons (Fsp3) is 0.667. The van der Waals surface area contributed by atoms with Gasteiger partial charge in [-0.15, -0.1) is 5.10 Å². The molecule has 0 bridgehead atoms. The summed E-state index contributed by atoms with van der Waals surface area (Å²) in [7, 11) is 0. The second kappa shape index (κ2) is 7.02. The SMILES string of the molecule is O=C(N[C@H]1CCCN2CCC[C@@H]12)c1n[nH]c(=O)[nH]1.O=CO. The van der Waals surface area contributed by atoms with Crippen LogP contribution in [0.3, 0.4) is 0 Å². The van der Waals surface area contributed by atoms with Crippen molar-refractivity contribution in [3.05, 3.63) is 16.3 Å². The molecular weight excluding hydrogens is 278 g/mol. The topological polar surface area (TPSA) is 131 Å². The monoisotopic (exact) mass is 297 g/mol. The highest BCUT2D eigenvalue weighted by Crippen LogP contribution is 2.27. The number of aromatic amines is 2. The third kappa shape index (κ3) is 3.69. The standard InChI is InChI=1S/C11H17N5O2.CH2O2/c17-10(9-13-11(18)15-14-9)12-7-3-1-5-16-6-2-4-8(7)16;2-1-3/h7-8H,1-6H2,(H,12,17)(H2,13,14,15,18);1H,(H,2,3)/t7-,8-;/m0./s1. The first kappa shape index (κ1) is 15.2. The number of fused-ring (bicyclic) bond motifs is 1. The summed E-state index contributed by atoms with van der Waals surface area (Å²) in [6, 6.07) is 0.627. The highest BCUT2D eigenvalue weighted by atomic mass is 16.3. The van der Waals surface area contributed by atoms with Gasteiger partial charge in [0.1, 0.15) is 0 Å². The first-order valence-corrected chi connectivity index (χ1v) is 6.93. The van der Waals surface area contributed by atoms with Crippen molar-refractivity contribution in [2.45, 2.75) is 37.8 Å². The van der Waals surface area contributed by atoms with Crippen LogP contribution in [0.2, 0.25) is 0 Å². The lowest BCUT2D eigenvalue weighted by Crippen LogP contribution is -2.52. The van der Waals surface area contributed by atoms with Gasteiger partial charge in [-0.2, -0.15) is 0 Å². The molecule has 9 heteroatoms. The minimum absolute atomic E-state index is 0.0649. The Morgan fingerprint density at radius 1 is 1.38 bits per heavy atom. The molecule has 2 atom stereocenters. The molecule has 2 saturated heterocycles. The molecule has 2 fully saturated rings. The summed E-state index contributed by atoms with van der Waals surface area (Å²) in [6.07, 6.45) is 4.46. The van der Waals surface area contributed by atoms with Gasteiger partial charge in [0.25, 0.3) is 12.4 Å². The lowest BCUT2D eigenvalue weighted by atomic mass is 9.96. The van der Waals surface area contributed by atoms with E-state index in [1.807, 2.05) is 0 Å². The lowest BCUT2D eigenvalue weighted by molar-refractivity contribution is -0.122. The Morgan fingerprint density at radius 2 is 2.05 bits per heavy atom. The fourth-order valence-electron chi connectivity index (χ4n) is 3.07. The first-order chi connectivity index (χ1) is 10.2. The summed E-state index contributed by atoms with van der Waals surface area (Å²) in [4.78, 5) is 36.0. The molecule has 3 rings (SSSR count). The van der Waals surface area contributed by atoms with Gasteiger partial charge >= 0.3 is 5.69 Å². The second-order valence-corrected chi connectivity index (χ2v) is 5.10. The van der Waals surface area contributed by atoms with Crippen molar-refractivity contribution in [1.82, 2.24) is 25.4 Å². The zero-order chi connectivity index (χ0) is 15.2. The fourth-order valence-corrected chi connectivity index (χ4v) is 3.07. The number of carboxylic acid groups (broad SMARTS) is 1. The molecule has 0 radical (unpaired) electrons. The number of aromatic nitrogens is 3. The van der Waals surface area contributed by atoms with Crippen LogP contribution >= 0.6 is 0 Å². The van der Waals surface area contributed by atoms with Crippen LogP contribution in [0.1, 0.15) is 36.3 Å². The van der Waals surface area contributed by atoms with Crippen LogP contribution in [0.15, 0.2) is 4.79 Å². The molecule has 0 aromatic carbocycles. The van der Waals surface area contributed by atoms with Gasteiger partial charge in [0.2, 0.25) is 5.82 Å². The molecule has 2 aliphatic heterocycles. The van der Waals surface area contributed by atoms with Crippen LogP contribution in [-0.4, -0.2) is 62.7 Å². The van der Waals surface area contributed by atoms with Crippen LogP contribution in [0.25, 0.3) is 0 Å². The molecular formula is C12H19N5O4. The maximum atomic E-state index is 11.9. The number of carbonyl (C=O) groups is 2. The normalized spacial score (nSPS) is 24.6. The number of hydrogen-bond acceptors (Lipinski definition) is 5. The highest BCUT2D eigenvalue weighted by molar-refractivity contribution is 5.90. The molecule has 1 amide bonds. The van der Waals surface area contributed by atoms with Gasteiger partial charge in [-0.05, 0) is 38.8 Å². The third-order valence-corrected chi connectivity index (χ3v) is 3.87. The van der Waals surface area contributed by atoms with Gasteiger partial charge in [0, 0.05) is 12.1 Å². The van der Waals surface area contributed by atoms with Crippen molar-refractivity contribution < 1.29 is 14.7 Å². The molecule has 0 unspecified atom stereocenters. The Morgan fingerprint density at radius 3 is 2.67 bits per heavy atom. The van der Waals surface area contributed by atoms with Crippen LogP contribution in [0.5, 0.6) is 0 Å². The van der Waals surface area contributed by atoms with Crippen molar-refractivity contribution in [2.75, 3.05) is 13.1 Å². The minimum atomic E-state index is -0.453. The maximum Gasteiger partial charge on any atom is 0.341 e. The summed E-state index contributed by atoms with van der Waals surface area (Å²) < 4.78 is 0. The van der Waals surface area contributed by atoms with E-state index < -0.39 is 5.69 Å². The number of rotatable bonds is 2. The van der Waals surface area contributed by atoms with E-state index in [1.54, 1.807) is 0 Å². The Bertz CT molecular complexity index is 540. The Hall–Kier alpha value is -2.16. The molecule has 21 heavy (non-hydrogen) atoms. The van der Waals surface area contributed by atoms with E-state index in [0.717, 1.165) is 32.4 Å². The lowest BCUT2D eigenvalue weighted by Gasteiger charge is -2.36. The highest BCUT2D eigenvalue weighted by Gasteiger charge is 2.35. The van der Waals surface area contributed by atoms with E-state index in [-0.39, 0.29) is 24.2 Å². The number of nitrogens with zero attached hydrogens (tertiary/aromatic N) is 2. The third-order valence-electron chi connectivity index (χ3n) is 3.87. The maximum absolute atomic E-state index is 11.9. The molecule has 0 saturated carbocycles. The average molecular weight is 297 g/mol. The smallest absolute Gasteiger partial charge is 0.341 e. The van der Waals surface area contributed by atoms with Crippen molar-refractivity contribution in [3.63, 3.8) is 0 Å². The molecule has 4 N–H and O–H groups in total. The molecule has 0 aliphatic carbocycles. The van der Waals surface area contributed by atoms with E-state index in [2.05, 4.69) is 25.4 Å². The predicted octanol–water partition coefficient (Wildman–Crippen LogP) is -0.845. The summed E-state index contributed by atoms with van der Waals surface area (Å²) in [5.74, 6) is -0.234. The molecule has 1 aromatic rings. The zero-order valence-electron chi connectivity index (χ0n) is 11.5. The summed E-state index contributed by atoms with van der Waals surface area (Å²) in [5, 5.41) is 15.7. The van der Waals surface area contributed by atoms with Gasteiger partial charge < -0.3 is 10.4 Å². The molecule has 3 heterocycles. The van der Waals surface area contributed by atoms with Gasteiger partial charge in [0.15, 0.2) is 0 Å². The first-order valence-electron chi connectivity index (χ1n) is 6.93. The van der Waals surface area contributed by atoms with Crippen molar-refractivity contribution in [1.29, 1.82) is 0 Å². The molecule has 0 spiro atoms. The van der Waals surface area contributed by atoms with Crippen LogP contribution in [0.4, 0.5) is 0 Å². The number of hydrogen-bond donors (Lipinski definition) is 4. The van der Waals surface area contributed by atoms with Crippen molar-refractivity contribution in [2.24, 2.45) is 0 Å². The quantitative estimate of drug-likeness (QED) is 0.526. The number of H-pyrrole nitrogens is 2. The predicted molar refractivity (Wildman–Crippen MR) is 73.0 cm³/mol. The zero-order valence-corrected chi connectivity index (χ0v) is 11.5. The molecule has 9 nitrogen and oxygen atoms in total. The summed E-state index contributed by atoms with van der Waals surface area (Å²) in [6.45, 7) is 2.02. The number of nitrogens with one attached hydrogen (secondary N) is 3. The molecule has 1 aromatic heterocycles. The van der Waals surface area contributed by atoms with Gasteiger partial charge in [-0.25, -0.2) is 9.89 Å². The van der Waals surface area contributed by atoms with E-state index in [0.29, 0.717) is 6.04 Å². The largest absolute Gasteiger partial charge is 0.483 e. The Kier molecular flexibility index (Phi) is 5.09. The Labute approximate surface area is 120 Å². The summed E-state index contributed by atoms with van der Waals surface area (Å²) in [5.41, 5.74) is -0.453. The van der Waals surface area contributed by atoms with Crippen molar-refractivity contribution >= 4 is 12.4 Å². The van der Waals surface area contributed by atoms with Crippen LogP contribution < -0.4 is 11.0 Å². The Balaban J connectivity index is 0.000000497. The minimum Gasteiger partial charge on any atom is -0.483 e. The van der Waals surface area contributed by atoms with Crippen LogP contribution in [-0.2, 0) is 4.79 Å². The second-order valence-electron chi connectivity index (χ2n) is 5.10. The van der Waals surface area contributed by atoms with Crippen LogP contribution in [0, 0.1) is 0 Å². The molecule has 2 aliphatic rings. The van der Waals surface area contributed by atoms with Crippen molar-refractivity contribution in [3.8, 4) is 0 Å². The van der Waals surface area contributed by atoms with E-state index in [4.69, 9.17) is 9.90 Å². The number of carbonyl (C=O) groups excluding carboxylic acids is 1. The van der Waals surface area contributed by atoms with Gasteiger partial charge in [-0.3, -0.25) is 19.5 Å².